The maximum atomic E-state index is 10.8. The molecule has 1 fully saturated rings. The molecule has 1 saturated carbocycles. The molecule has 0 heterocycles. The van der Waals surface area contributed by atoms with Gasteiger partial charge in [0, 0.05) is 5.41 Å². The summed E-state index contributed by atoms with van der Waals surface area (Å²) in [6.45, 7) is 13.3. The minimum atomic E-state index is -1.09. The molecule has 0 aromatic carbocycles. The van der Waals surface area contributed by atoms with Crippen molar-refractivity contribution in [2.24, 2.45) is 5.41 Å². The molecule has 2 nitrogen and oxygen atoms in total. The lowest BCUT2D eigenvalue weighted by molar-refractivity contribution is -0.0160. The Morgan fingerprint density at radius 3 is 2.47 bits per heavy atom. The molecule has 2 atom stereocenters. The molecule has 0 aliphatic heterocycles. The first-order valence-corrected chi connectivity index (χ1v) is 6.12. The Hall–Kier alpha value is -0.860. The van der Waals surface area contributed by atoms with Crippen molar-refractivity contribution in [1.29, 1.82) is 0 Å². The van der Waals surface area contributed by atoms with Gasteiger partial charge in [-0.25, -0.2) is 0 Å². The summed E-state index contributed by atoms with van der Waals surface area (Å²) in [7, 11) is 0. The van der Waals surface area contributed by atoms with Gasteiger partial charge in [0.1, 0.15) is 5.60 Å². The van der Waals surface area contributed by atoms with E-state index >= 15 is 0 Å². The Balaban J connectivity index is 3.06. The zero-order valence-electron chi connectivity index (χ0n) is 11.2. The zero-order valence-corrected chi connectivity index (χ0v) is 11.2. The van der Waals surface area contributed by atoms with Crippen LogP contribution in [0.25, 0.3) is 0 Å². The highest BCUT2D eigenvalue weighted by atomic mass is 16.3. The summed E-state index contributed by atoms with van der Waals surface area (Å²) in [5.41, 5.74) is -1.57. The van der Waals surface area contributed by atoms with Crippen LogP contribution >= 0.6 is 0 Å². The minimum Gasteiger partial charge on any atom is -0.382 e. The summed E-state index contributed by atoms with van der Waals surface area (Å²) in [4.78, 5) is 0. The van der Waals surface area contributed by atoms with Gasteiger partial charge in [0.2, 0.25) is 0 Å². The summed E-state index contributed by atoms with van der Waals surface area (Å²) < 4.78 is 0. The molecule has 96 valence electrons. The third kappa shape index (κ3) is 2.70. The van der Waals surface area contributed by atoms with E-state index in [0.717, 1.165) is 24.8 Å². The lowest BCUT2D eigenvalue weighted by Crippen LogP contribution is -2.47. The normalized spacial score (nSPS) is 32.4. The Morgan fingerprint density at radius 2 is 2.00 bits per heavy atom. The van der Waals surface area contributed by atoms with Crippen molar-refractivity contribution < 1.29 is 10.2 Å². The fourth-order valence-electron chi connectivity index (χ4n) is 2.30. The molecule has 0 amide bonds. The molecule has 0 saturated heterocycles. The highest BCUT2D eigenvalue weighted by Gasteiger charge is 2.45. The largest absolute Gasteiger partial charge is 0.382 e. The van der Waals surface area contributed by atoms with E-state index in [1.165, 1.54) is 6.08 Å². The van der Waals surface area contributed by atoms with E-state index in [1.807, 2.05) is 13.8 Å². The standard InChI is InChI=1S/C15H24O2/c1-6-14(5,16)10-11-15(17)12(2)8-7-9-13(15,3)4/h6,10-11,16-17H,1-2,7-9H2,3-5H3/b11-10+. The fraction of sp³-hybridized carbons (Fsp3) is 0.600. The highest BCUT2D eigenvalue weighted by Crippen LogP contribution is 2.47. The Morgan fingerprint density at radius 1 is 1.41 bits per heavy atom. The van der Waals surface area contributed by atoms with E-state index in [0.29, 0.717) is 0 Å². The van der Waals surface area contributed by atoms with Gasteiger partial charge < -0.3 is 10.2 Å². The Bertz CT molecular complexity index is 350. The zero-order chi connectivity index (χ0) is 13.3. The van der Waals surface area contributed by atoms with Crippen molar-refractivity contribution in [2.75, 3.05) is 0 Å². The lowest BCUT2D eigenvalue weighted by atomic mass is 9.63. The molecule has 1 rings (SSSR count). The molecule has 1 aliphatic carbocycles. The van der Waals surface area contributed by atoms with Crippen molar-refractivity contribution in [3.05, 3.63) is 37.0 Å². The van der Waals surface area contributed by atoms with E-state index in [9.17, 15) is 10.2 Å². The lowest BCUT2D eigenvalue weighted by Gasteiger charge is -2.46. The van der Waals surface area contributed by atoms with Gasteiger partial charge in [0.05, 0.1) is 5.60 Å². The minimum absolute atomic E-state index is 0.254. The van der Waals surface area contributed by atoms with E-state index in [4.69, 9.17) is 0 Å². The predicted molar refractivity (Wildman–Crippen MR) is 71.7 cm³/mol. The first-order chi connectivity index (χ1) is 7.65. The first kappa shape index (κ1) is 14.2. The second kappa shape index (κ2) is 4.43. The van der Waals surface area contributed by atoms with Crippen LogP contribution in [0.5, 0.6) is 0 Å². The van der Waals surface area contributed by atoms with Crippen molar-refractivity contribution in [2.45, 2.75) is 51.2 Å². The molecular weight excluding hydrogens is 212 g/mol. The number of aliphatic hydroxyl groups is 2. The number of rotatable bonds is 3. The fourth-order valence-corrected chi connectivity index (χ4v) is 2.30. The van der Waals surface area contributed by atoms with E-state index in [1.54, 1.807) is 19.1 Å². The average molecular weight is 236 g/mol. The van der Waals surface area contributed by atoms with E-state index in [2.05, 4.69) is 13.2 Å². The van der Waals surface area contributed by atoms with Crippen molar-refractivity contribution in [1.82, 2.24) is 0 Å². The van der Waals surface area contributed by atoms with Gasteiger partial charge in [-0.1, -0.05) is 39.2 Å². The van der Waals surface area contributed by atoms with Gasteiger partial charge in [0.15, 0.2) is 0 Å². The quantitative estimate of drug-likeness (QED) is 0.740. The van der Waals surface area contributed by atoms with Crippen LogP contribution in [0.3, 0.4) is 0 Å². The molecule has 0 aromatic rings. The van der Waals surface area contributed by atoms with Gasteiger partial charge in [-0.2, -0.15) is 0 Å². The van der Waals surface area contributed by atoms with Gasteiger partial charge >= 0.3 is 0 Å². The maximum Gasteiger partial charge on any atom is 0.109 e. The third-order valence-corrected chi connectivity index (χ3v) is 3.93. The Labute approximate surface area is 104 Å². The van der Waals surface area contributed by atoms with Crippen LogP contribution in [0, 0.1) is 5.41 Å². The summed E-state index contributed by atoms with van der Waals surface area (Å²) in [6.07, 6.45) is 7.56. The van der Waals surface area contributed by atoms with Crippen molar-refractivity contribution >= 4 is 0 Å². The SMILES string of the molecule is C=CC(C)(O)/C=C/C1(O)C(=C)CCCC1(C)C. The van der Waals surface area contributed by atoms with Crippen LogP contribution in [0.2, 0.25) is 0 Å². The molecule has 0 radical (unpaired) electrons. The molecule has 2 heteroatoms. The molecule has 17 heavy (non-hydrogen) atoms. The van der Waals surface area contributed by atoms with Gasteiger partial charge in [-0.05, 0) is 37.8 Å². The van der Waals surface area contributed by atoms with Crippen LogP contribution in [0.1, 0.15) is 40.0 Å². The number of hydrogen-bond acceptors (Lipinski definition) is 2. The topological polar surface area (TPSA) is 40.5 Å². The third-order valence-electron chi connectivity index (χ3n) is 3.93. The summed E-state index contributed by atoms with van der Waals surface area (Å²) in [6, 6.07) is 0. The smallest absolute Gasteiger partial charge is 0.109 e. The summed E-state index contributed by atoms with van der Waals surface area (Å²) in [5.74, 6) is 0. The number of hydrogen-bond donors (Lipinski definition) is 2. The van der Waals surface area contributed by atoms with Crippen LogP contribution in [0.4, 0.5) is 0 Å². The van der Waals surface area contributed by atoms with E-state index in [-0.39, 0.29) is 5.41 Å². The van der Waals surface area contributed by atoms with Gasteiger partial charge in [-0.15, -0.1) is 0 Å². The molecule has 0 aromatic heterocycles. The second-order valence-corrected chi connectivity index (χ2v) is 5.87. The first-order valence-electron chi connectivity index (χ1n) is 6.12. The van der Waals surface area contributed by atoms with Crippen LogP contribution in [0.15, 0.2) is 37.0 Å². The molecule has 1 aliphatic rings. The summed E-state index contributed by atoms with van der Waals surface area (Å²) in [5, 5.41) is 20.7. The highest BCUT2D eigenvalue weighted by molar-refractivity contribution is 5.31. The van der Waals surface area contributed by atoms with Crippen LogP contribution < -0.4 is 0 Å². The predicted octanol–water partition coefficient (Wildman–Crippen LogP) is 2.98. The monoisotopic (exact) mass is 236 g/mol. The molecular formula is C15H24O2. The molecule has 2 N–H and O–H groups in total. The molecule has 0 spiro atoms. The summed E-state index contributed by atoms with van der Waals surface area (Å²) >= 11 is 0. The van der Waals surface area contributed by atoms with Gasteiger partial charge in [0.25, 0.3) is 0 Å². The van der Waals surface area contributed by atoms with E-state index < -0.39 is 11.2 Å². The maximum absolute atomic E-state index is 10.8. The van der Waals surface area contributed by atoms with Crippen molar-refractivity contribution in [3.63, 3.8) is 0 Å². The average Bonchev–Trinajstić information content (AvgIpc) is 2.23. The second-order valence-electron chi connectivity index (χ2n) is 5.87. The van der Waals surface area contributed by atoms with Crippen molar-refractivity contribution in [3.8, 4) is 0 Å². The molecule has 0 bridgehead atoms. The van der Waals surface area contributed by atoms with Crippen LogP contribution in [-0.2, 0) is 0 Å². The Kier molecular flexibility index (Phi) is 3.70. The van der Waals surface area contributed by atoms with Crippen LogP contribution in [-0.4, -0.2) is 21.4 Å². The van der Waals surface area contributed by atoms with Gasteiger partial charge in [-0.3, -0.25) is 0 Å². The molecule has 2 unspecified atom stereocenters.